The molecule has 0 aliphatic rings. The monoisotopic (exact) mass is 690 g/mol. The van der Waals surface area contributed by atoms with Crippen molar-refractivity contribution in [2.75, 3.05) is 16.3 Å². The Balaban J connectivity index is 1.91. The van der Waals surface area contributed by atoms with Gasteiger partial charge in [-0.1, -0.05) is 18.2 Å². The van der Waals surface area contributed by atoms with Crippen LogP contribution in [0.25, 0.3) is 10.8 Å². The fourth-order valence-corrected chi connectivity index (χ4v) is 5.13. The first kappa shape index (κ1) is 35.7. The van der Waals surface area contributed by atoms with E-state index in [4.69, 9.17) is 25.2 Å². The van der Waals surface area contributed by atoms with Gasteiger partial charge in [0.2, 0.25) is 0 Å². The van der Waals surface area contributed by atoms with Gasteiger partial charge in [-0.15, -0.1) is 0 Å². The second-order valence-electron chi connectivity index (χ2n) is 10.6. The number of nitrogens with zero attached hydrogens (tertiary/aromatic N) is 2. The molecule has 13 nitrogen and oxygen atoms in total. The molecule has 0 saturated heterocycles. The molecule has 256 valence electrons. The molecule has 0 spiro atoms. The minimum absolute atomic E-state index is 0.0151. The van der Waals surface area contributed by atoms with Crippen LogP contribution in [0.3, 0.4) is 0 Å². The largest absolute Gasteiger partial charge is 0.491 e. The fourth-order valence-electron chi connectivity index (χ4n) is 4.68. The van der Waals surface area contributed by atoms with Crippen molar-refractivity contribution >= 4 is 44.2 Å². The molecule has 6 N–H and O–H groups in total. The van der Waals surface area contributed by atoms with Crippen molar-refractivity contribution in [1.82, 2.24) is 10.3 Å². The van der Waals surface area contributed by atoms with E-state index < -0.39 is 34.0 Å². The summed E-state index contributed by atoms with van der Waals surface area (Å²) in [4.78, 5) is 31.0. The number of carbonyl (C=O) groups excluding carboxylic acids is 2. The third-order valence-corrected chi connectivity index (χ3v) is 7.18. The van der Waals surface area contributed by atoms with E-state index in [1.165, 1.54) is 60.8 Å². The molecule has 0 saturated carbocycles. The molecule has 4 rings (SSSR count). The number of rotatable bonds is 13. The molecule has 0 fully saturated rings. The zero-order valence-electron chi connectivity index (χ0n) is 25.9. The molecular weight excluding hydrogens is 657 g/mol. The second-order valence-corrected chi connectivity index (χ2v) is 11.9. The van der Waals surface area contributed by atoms with E-state index in [1.54, 1.807) is 39.1 Å². The van der Waals surface area contributed by atoms with Crippen molar-refractivity contribution < 1.29 is 45.4 Å². The number of hydrogen-bond donors (Lipinski definition) is 4. The van der Waals surface area contributed by atoms with E-state index in [9.17, 15) is 31.2 Å². The predicted octanol–water partition coefficient (Wildman–Crippen LogP) is 3.99. The van der Waals surface area contributed by atoms with Gasteiger partial charge in [0.25, 0.3) is 16.1 Å². The lowest BCUT2D eigenvalue weighted by Crippen LogP contribution is -2.62. The number of aromatic nitrogens is 1. The summed E-state index contributed by atoms with van der Waals surface area (Å²) < 4.78 is 83.4. The van der Waals surface area contributed by atoms with Crippen LogP contribution in [0.4, 0.5) is 24.5 Å². The Morgan fingerprint density at radius 1 is 1.00 bits per heavy atom. The van der Waals surface area contributed by atoms with Gasteiger partial charge in [-0.3, -0.25) is 19.5 Å². The van der Waals surface area contributed by atoms with Gasteiger partial charge in [0, 0.05) is 29.9 Å². The topological polar surface area (TPSA) is 188 Å². The average molecular weight is 691 g/mol. The first-order chi connectivity index (χ1) is 22.5. The van der Waals surface area contributed by atoms with E-state index in [-0.39, 0.29) is 47.7 Å². The van der Waals surface area contributed by atoms with Crippen LogP contribution in [0.2, 0.25) is 0 Å². The molecule has 1 amide bonds. The maximum atomic E-state index is 14.3. The minimum Gasteiger partial charge on any atom is -0.490 e. The third-order valence-electron chi connectivity index (χ3n) is 6.66. The van der Waals surface area contributed by atoms with E-state index in [2.05, 4.69) is 15.0 Å². The van der Waals surface area contributed by atoms with Gasteiger partial charge in [0.05, 0.1) is 24.1 Å². The van der Waals surface area contributed by atoms with E-state index in [1.807, 2.05) is 0 Å². The lowest BCUT2D eigenvalue weighted by Gasteiger charge is -2.40. The summed E-state index contributed by atoms with van der Waals surface area (Å²) in [6.07, 6.45) is -2.84. The first-order valence-corrected chi connectivity index (χ1v) is 15.9. The Kier molecular flexibility index (Phi) is 10.7. The molecule has 0 aliphatic carbocycles. The lowest BCUT2D eigenvalue weighted by atomic mass is 9.98. The summed E-state index contributed by atoms with van der Waals surface area (Å²) in [5.74, 6) is 2.78. The van der Waals surface area contributed by atoms with Crippen molar-refractivity contribution in [2.24, 2.45) is 11.0 Å². The van der Waals surface area contributed by atoms with Crippen molar-refractivity contribution in [1.29, 1.82) is 0 Å². The number of hydrogen-bond acceptors (Lipinski definition) is 10. The van der Waals surface area contributed by atoms with Crippen LogP contribution in [-0.2, 0) is 36.8 Å². The Morgan fingerprint density at radius 2 is 1.75 bits per heavy atom. The van der Waals surface area contributed by atoms with E-state index in [0.29, 0.717) is 21.3 Å². The molecule has 1 aromatic heterocycles. The zero-order valence-corrected chi connectivity index (χ0v) is 26.8. The van der Waals surface area contributed by atoms with Gasteiger partial charge in [0.1, 0.15) is 0 Å². The first-order valence-electron chi connectivity index (χ1n) is 14.3. The highest BCUT2D eigenvalue weighted by atomic mass is 32.2. The fraction of sp³-hybridized carbons (Fsp3) is 0.258. The molecule has 0 bridgehead atoms. The number of fused-ring (bicyclic) bond motifs is 1. The Morgan fingerprint density at radius 3 is 2.42 bits per heavy atom. The highest BCUT2D eigenvalue weighted by Crippen LogP contribution is 2.40. The van der Waals surface area contributed by atoms with E-state index in [0.717, 1.165) is 0 Å². The normalized spacial score (nSPS) is 13.0. The van der Waals surface area contributed by atoms with Gasteiger partial charge in [-0.05, 0) is 80.3 Å². The minimum atomic E-state index is -5.54. The number of carbonyl (C=O) groups is 2. The van der Waals surface area contributed by atoms with Gasteiger partial charge < -0.3 is 19.5 Å². The summed E-state index contributed by atoms with van der Waals surface area (Å²) in [6, 6.07) is 15.5. The van der Waals surface area contributed by atoms with Crippen LogP contribution in [0.5, 0.6) is 11.5 Å². The number of anilines is 2. The Bertz CT molecular complexity index is 1910. The van der Waals surface area contributed by atoms with Crippen molar-refractivity contribution in [3.05, 3.63) is 90.3 Å². The molecule has 1 atom stereocenters. The zero-order chi connectivity index (χ0) is 35.3. The number of nitrogens with two attached hydrogens (primary N) is 2. The average Bonchev–Trinajstić information content (AvgIpc) is 3.01. The third kappa shape index (κ3) is 8.41. The van der Waals surface area contributed by atoms with Crippen LogP contribution in [-0.4, -0.2) is 44.2 Å². The molecule has 3 aromatic carbocycles. The van der Waals surface area contributed by atoms with Crippen LogP contribution in [0, 0.1) is 0 Å². The molecule has 17 heteroatoms. The van der Waals surface area contributed by atoms with Crippen molar-refractivity contribution in [2.45, 2.75) is 45.3 Å². The van der Waals surface area contributed by atoms with E-state index >= 15 is 0 Å². The quantitative estimate of drug-likeness (QED) is 0.0691. The smallest absolute Gasteiger partial charge is 0.490 e. The van der Waals surface area contributed by atoms with Crippen molar-refractivity contribution in [3.8, 4) is 11.5 Å². The summed E-state index contributed by atoms with van der Waals surface area (Å²) >= 11 is 0. The molecule has 0 aliphatic heterocycles. The highest BCUT2D eigenvalue weighted by Gasteiger charge is 2.55. The maximum absolute atomic E-state index is 14.3. The molecular formula is C31H33F3N6O7S. The van der Waals surface area contributed by atoms with Crippen molar-refractivity contribution in [3.63, 3.8) is 0 Å². The van der Waals surface area contributed by atoms with Crippen LogP contribution < -0.4 is 35.5 Å². The predicted molar refractivity (Wildman–Crippen MR) is 171 cm³/mol. The number of amides is 1. The Labute approximate surface area is 274 Å². The SMILES string of the molecule is CCOc1cc(C(OC(=O)C(F)(F)F)(C(=O)NCc2cccc(NS(N)(=O)=O)c2)N(N)c2ccc3cnccc3c2)ccc1OC(C)C. The number of hydrazine groups is 1. The van der Waals surface area contributed by atoms with Gasteiger partial charge in [0.15, 0.2) is 11.5 Å². The number of halogens is 3. The van der Waals surface area contributed by atoms with Crippen LogP contribution in [0.1, 0.15) is 31.9 Å². The Hall–Kier alpha value is -5.13. The highest BCUT2D eigenvalue weighted by molar-refractivity contribution is 7.90. The number of alkyl halides is 3. The van der Waals surface area contributed by atoms with Crippen LogP contribution in [0.15, 0.2) is 79.1 Å². The van der Waals surface area contributed by atoms with Gasteiger partial charge in [-0.25, -0.2) is 15.8 Å². The summed E-state index contributed by atoms with van der Waals surface area (Å²) in [7, 11) is -4.14. The molecule has 48 heavy (non-hydrogen) atoms. The second kappa shape index (κ2) is 14.3. The van der Waals surface area contributed by atoms with Gasteiger partial charge >= 0.3 is 17.9 Å². The summed E-state index contributed by atoms with van der Waals surface area (Å²) in [5.41, 5.74) is -3.00. The van der Waals surface area contributed by atoms with Gasteiger partial charge in [-0.2, -0.15) is 21.6 Å². The molecule has 4 aromatic rings. The summed E-state index contributed by atoms with van der Waals surface area (Å²) in [5, 5.41) is 9.34. The lowest BCUT2D eigenvalue weighted by molar-refractivity contribution is -0.216. The maximum Gasteiger partial charge on any atom is 0.491 e. The summed E-state index contributed by atoms with van der Waals surface area (Å²) in [6.45, 7) is 4.88. The molecule has 1 unspecified atom stereocenters. The number of benzene rings is 3. The molecule has 1 heterocycles. The van der Waals surface area contributed by atoms with Crippen LogP contribution >= 0.6 is 0 Å². The number of pyridine rings is 1. The number of esters is 1. The standard InChI is InChI=1S/C31H33F3N6O7S/c1-4-45-27-16-23(9-11-26(27)46-19(2)3)30(47-29(42)31(32,33)34,40(35)25-10-8-22-18-37-13-12-21(22)15-25)28(41)38-17-20-6-5-7-24(14-20)39-48(36,43)44/h5-16,18-19,39H,4,17,35H2,1-3H3,(H,38,41)(H2,36,43,44). The number of ether oxygens (including phenoxy) is 3. The number of nitrogens with one attached hydrogen (secondary N) is 2. The molecule has 0 radical (unpaired) electrons.